The molecule has 1 aliphatic heterocycles. The number of ether oxygens (including phenoxy) is 1. The van der Waals surface area contributed by atoms with Crippen molar-refractivity contribution in [2.45, 2.75) is 18.9 Å². The van der Waals surface area contributed by atoms with Crippen molar-refractivity contribution >= 4 is 38.9 Å². The molecule has 2 N–H and O–H groups in total. The molecule has 10 heteroatoms. The number of hydrogen-bond donors (Lipinski definition) is 2. The minimum atomic E-state index is -3.11. The van der Waals surface area contributed by atoms with E-state index in [9.17, 15) is 18.0 Å². The van der Waals surface area contributed by atoms with Gasteiger partial charge in [0.15, 0.2) is 9.84 Å². The highest BCUT2D eigenvalue weighted by molar-refractivity contribution is 7.91. The number of sulfone groups is 1. The van der Waals surface area contributed by atoms with Gasteiger partial charge in [-0.15, -0.1) is 0 Å². The molecule has 1 saturated heterocycles. The van der Waals surface area contributed by atoms with Crippen LogP contribution in [0.25, 0.3) is 0 Å². The Morgan fingerprint density at radius 3 is 2.56 bits per heavy atom. The molecular weight excluding hydrogens is 394 g/mol. The van der Waals surface area contributed by atoms with E-state index >= 15 is 0 Å². The van der Waals surface area contributed by atoms with Crippen molar-refractivity contribution in [2.75, 3.05) is 44.1 Å². The SMILES string of the molecule is COc1ccc(Cl)cc1NC(=O)CN(C)CC(=O)N[C@]1(C)CCS(=O)(=O)C1. The summed E-state index contributed by atoms with van der Waals surface area (Å²) in [5.74, 6) is -0.178. The lowest BCUT2D eigenvalue weighted by Crippen LogP contribution is -2.50. The molecule has 1 fully saturated rings. The zero-order chi connectivity index (χ0) is 20.2. The first-order chi connectivity index (χ1) is 12.5. The first kappa shape index (κ1) is 21.5. The second-order valence-corrected chi connectivity index (χ2v) is 9.64. The number of likely N-dealkylation sites (N-methyl/N-ethyl adjacent to an activating group) is 1. The Morgan fingerprint density at radius 1 is 1.30 bits per heavy atom. The molecule has 8 nitrogen and oxygen atoms in total. The van der Waals surface area contributed by atoms with E-state index < -0.39 is 15.4 Å². The quantitative estimate of drug-likeness (QED) is 0.683. The van der Waals surface area contributed by atoms with Gasteiger partial charge in [-0.1, -0.05) is 11.6 Å². The van der Waals surface area contributed by atoms with E-state index in [1.165, 1.54) is 12.0 Å². The van der Waals surface area contributed by atoms with Gasteiger partial charge in [-0.25, -0.2) is 8.42 Å². The molecule has 0 spiro atoms. The fourth-order valence-electron chi connectivity index (χ4n) is 3.00. The van der Waals surface area contributed by atoms with Crippen LogP contribution in [0.4, 0.5) is 5.69 Å². The number of benzene rings is 1. The van der Waals surface area contributed by atoms with Crippen LogP contribution < -0.4 is 15.4 Å². The normalized spacial score (nSPS) is 21.1. The maximum atomic E-state index is 12.2. The van der Waals surface area contributed by atoms with Crippen molar-refractivity contribution in [3.63, 3.8) is 0 Å². The molecule has 2 amide bonds. The molecule has 1 aromatic rings. The smallest absolute Gasteiger partial charge is 0.238 e. The summed E-state index contributed by atoms with van der Waals surface area (Å²) in [6, 6.07) is 4.87. The molecule has 2 rings (SSSR count). The van der Waals surface area contributed by atoms with E-state index in [-0.39, 0.29) is 36.4 Å². The first-order valence-electron chi connectivity index (χ1n) is 8.35. The molecule has 0 bridgehead atoms. The van der Waals surface area contributed by atoms with E-state index in [2.05, 4.69) is 10.6 Å². The number of carbonyl (C=O) groups excluding carboxylic acids is 2. The van der Waals surface area contributed by atoms with E-state index in [4.69, 9.17) is 16.3 Å². The molecule has 1 aliphatic rings. The molecule has 1 heterocycles. The summed E-state index contributed by atoms with van der Waals surface area (Å²) in [7, 11) is 0.00549. The third-order valence-electron chi connectivity index (χ3n) is 4.21. The Labute approximate surface area is 164 Å². The van der Waals surface area contributed by atoms with Gasteiger partial charge in [-0.05, 0) is 38.6 Å². The van der Waals surface area contributed by atoms with Crippen molar-refractivity contribution < 1.29 is 22.7 Å². The van der Waals surface area contributed by atoms with E-state index in [1.54, 1.807) is 32.2 Å². The predicted octanol–water partition coefficient (Wildman–Crippen LogP) is 0.912. The summed E-state index contributed by atoms with van der Waals surface area (Å²) in [6.45, 7) is 1.65. The topological polar surface area (TPSA) is 105 Å². The Morgan fingerprint density at radius 2 is 1.96 bits per heavy atom. The molecule has 0 aromatic heterocycles. The third-order valence-corrected chi connectivity index (χ3v) is 6.35. The minimum absolute atomic E-state index is 0.0297. The van der Waals surface area contributed by atoms with Crippen LogP contribution in [0.2, 0.25) is 5.02 Å². The van der Waals surface area contributed by atoms with Gasteiger partial charge < -0.3 is 15.4 Å². The van der Waals surface area contributed by atoms with Crippen LogP contribution in [0.1, 0.15) is 13.3 Å². The number of methoxy groups -OCH3 is 1. The number of hydrogen-bond acceptors (Lipinski definition) is 6. The third kappa shape index (κ3) is 6.37. The maximum Gasteiger partial charge on any atom is 0.238 e. The van der Waals surface area contributed by atoms with Gasteiger partial charge in [-0.2, -0.15) is 0 Å². The number of rotatable bonds is 7. The maximum absolute atomic E-state index is 12.2. The van der Waals surface area contributed by atoms with E-state index in [1.807, 2.05) is 0 Å². The zero-order valence-electron chi connectivity index (χ0n) is 15.5. The fraction of sp³-hybridized carbons (Fsp3) is 0.529. The van der Waals surface area contributed by atoms with Crippen LogP contribution in [-0.2, 0) is 19.4 Å². The van der Waals surface area contributed by atoms with Crippen LogP contribution >= 0.6 is 11.6 Å². The number of amides is 2. The Balaban J connectivity index is 1.86. The van der Waals surface area contributed by atoms with Crippen LogP contribution in [0.15, 0.2) is 18.2 Å². The molecule has 0 unspecified atom stereocenters. The van der Waals surface area contributed by atoms with Gasteiger partial charge in [0.05, 0.1) is 42.9 Å². The molecular formula is C17H24ClN3O5S. The largest absolute Gasteiger partial charge is 0.495 e. The van der Waals surface area contributed by atoms with Gasteiger partial charge in [0.1, 0.15) is 5.75 Å². The predicted molar refractivity (Wildman–Crippen MR) is 104 cm³/mol. The second-order valence-electron chi connectivity index (χ2n) is 7.02. The number of nitrogens with zero attached hydrogens (tertiary/aromatic N) is 1. The summed E-state index contributed by atoms with van der Waals surface area (Å²) < 4.78 is 28.4. The van der Waals surface area contributed by atoms with Gasteiger partial charge >= 0.3 is 0 Å². The monoisotopic (exact) mass is 417 g/mol. The van der Waals surface area contributed by atoms with Gasteiger partial charge in [-0.3, -0.25) is 14.5 Å². The Bertz CT molecular complexity index is 830. The molecule has 0 saturated carbocycles. The summed E-state index contributed by atoms with van der Waals surface area (Å²) in [6.07, 6.45) is 0.389. The van der Waals surface area contributed by atoms with Crippen LogP contribution in [0, 0.1) is 0 Å². The van der Waals surface area contributed by atoms with E-state index in [0.717, 1.165) is 0 Å². The number of carbonyl (C=O) groups is 2. The Hall–Kier alpha value is -1.84. The average Bonchev–Trinajstić information content (AvgIpc) is 2.79. The van der Waals surface area contributed by atoms with Gasteiger partial charge in [0, 0.05) is 5.02 Å². The van der Waals surface area contributed by atoms with Crippen LogP contribution in [0.5, 0.6) is 5.75 Å². The molecule has 27 heavy (non-hydrogen) atoms. The van der Waals surface area contributed by atoms with Crippen molar-refractivity contribution in [3.05, 3.63) is 23.2 Å². The van der Waals surface area contributed by atoms with Crippen molar-refractivity contribution in [2.24, 2.45) is 0 Å². The molecule has 1 atom stereocenters. The fourth-order valence-corrected chi connectivity index (χ4v) is 5.26. The van der Waals surface area contributed by atoms with Gasteiger partial charge in [0.25, 0.3) is 0 Å². The number of halogens is 1. The highest BCUT2D eigenvalue weighted by atomic mass is 35.5. The summed E-state index contributed by atoms with van der Waals surface area (Å²) in [5.41, 5.74) is -0.316. The lowest BCUT2D eigenvalue weighted by Gasteiger charge is -2.25. The summed E-state index contributed by atoms with van der Waals surface area (Å²) >= 11 is 5.93. The first-order valence-corrected chi connectivity index (χ1v) is 10.6. The highest BCUT2D eigenvalue weighted by Crippen LogP contribution is 2.27. The highest BCUT2D eigenvalue weighted by Gasteiger charge is 2.39. The standard InChI is InChI=1S/C17H24ClN3O5S/c1-17(6-7-27(24,25)11-17)20-16(23)10-21(2)9-15(22)19-13-8-12(18)4-5-14(13)26-3/h4-5,8H,6-7,9-11H2,1-3H3,(H,19,22)(H,20,23)/t17-/m1/s1. The van der Waals surface area contributed by atoms with Crippen molar-refractivity contribution in [1.82, 2.24) is 10.2 Å². The molecule has 0 aliphatic carbocycles. The van der Waals surface area contributed by atoms with Crippen molar-refractivity contribution in [3.8, 4) is 5.75 Å². The molecule has 0 radical (unpaired) electrons. The molecule has 1 aromatic carbocycles. The minimum Gasteiger partial charge on any atom is -0.495 e. The number of nitrogens with one attached hydrogen (secondary N) is 2. The average molecular weight is 418 g/mol. The van der Waals surface area contributed by atoms with Crippen LogP contribution in [0.3, 0.4) is 0 Å². The number of anilines is 1. The molecule has 150 valence electrons. The van der Waals surface area contributed by atoms with Gasteiger partial charge in [0.2, 0.25) is 11.8 Å². The van der Waals surface area contributed by atoms with Crippen molar-refractivity contribution in [1.29, 1.82) is 0 Å². The van der Waals surface area contributed by atoms with E-state index in [0.29, 0.717) is 22.9 Å². The summed E-state index contributed by atoms with van der Waals surface area (Å²) in [5, 5.41) is 5.92. The second kappa shape index (κ2) is 8.45. The summed E-state index contributed by atoms with van der Waals surface area (Å²) in [4.78, 5) is 25.9. The lowest BCUT2D eigenvalue weighted by atomic mass is 10.0. The lowest BCUT2D eigenvalue weighted by molar-refractivity contribution is -0.124. The zero-order valence-corrected chi connectivity index (χ0v) is 17.1. The van der Waals surface area contributed by atoms with Crippen LogP contribution in [-0.4, -0.2) is 69.4 Å². The Kier molecular flexibility index (Phi) is 6.72.